The molecule has 2 rings (SSSR count). The maximum absolute atomic E-state index is 12.5. The largest absolute Gasteiger partial charge is 0.481 e. The minimum Gasteiger partial charge on any atom is -0.481 e. The fraction of sp³-hybridized carbons (Fsp3) is 0.600. The van der Waals surface area contributed by atoms with Crippen molar-refractivity contribution in [3.05, 3.63) is 16.7 Å². The Bertz CT molecular complexity index is 532. The van der Waals surface area contributed by atoms with Crippen molar-refractivity contribution in [3.63, 3.8) is 0 Å². The van der Waals surface area contributed by atoms with E-state index < -0.39 is 5.60 Å². The van der Waals surface area contributed by atoms with Crippen molar-refractivity contribution in [1.29, 1.82) is 0 Å². The minimum atomic E-state index is -1.29. The molecule has 1 heterocycles. The Hall–Kier alpha value is -1.14. The summed E-state index contributed by atoms with van der Waals surface area (Å²) >= 11 is 3.27. The van der Waals surface area contributed by atoms with Gasteiger partial charge in [0.15, 0.2) is 0 Å². The molecule has 0 spiro atoms. The van der Waals surface area contributed by atoms with Gasteiger partial charge in [-0.3, -0.25) is 4.79 Å². The van der Waals surface area contributed by atoms with Crippen LogP contribution < -0.4 is 10.1 Å². The van der Waals surface area contributed by atoms with Crippen LogP contribution in [0.1, 0.15) is 33.1 Å². The average Bonchev–Trinajstić information content (AvgIpc) is 3.21. The van der Waals surface area contributed by atoms with Gasteiger partial charge in [0.1, 0.15) is 10.2 Å². The third-order valence-corrected chi connectivity index (χ3v) is 4.01. The summed E-state index contributed by atoms with van der Waals surface area (Å²) in [5.74, 6) is 0.365. The smallest absolute Gasteiger partial charge is 0.256 e. The molecule has 0 aliphatic heterocycles. The molecule has 1 atom stereocenters. The monoisotopic (exact) mass is 356 g/mol. The molecule has 116 valence electrons. The zero-order valence-electron chi connectivity index (χ0n) is 12.5. The fourth-order valence-corrected chi connectivity index (χ4v) is 2.94. The SMILES string of the molecule is COc1cc(NC(=O)C(O)(CC(C)C)C2CC2)cc(Br)n1. The molecule has 1 aromatic rings. The summed E-state index contributed by atoms with van der Waals surface area (Å²) in [5.41, 5.74) is -0.737. The molecule has 1 aliphatic carbocycles. The topological polar surface area (TPSA) is 71.5 Å². The first-order chi connectivity index (χ1) is 9.85. The number of anilines is 1. The standard InChI is InChI=1S/C15H21BrN2O3/c1-9(2)8-15(20,10-4-5-10)14(19)17-11-6-12(16)18-13(7-11)21-3/h6-7,9-10,20H,4-5,8H2,1-3H3,(H,17,18,19). The Morgan fingerprint density at radius 1 is 1.57 bits per heavy atom. The predicted octanol–water partition coefficient (Wildman–Crippen LogP) is 2.98. The number of pyridine rings is 1. The number of methoxy groups -OCH3 is 1. The second kappa shape index (κ2) is 6.32. The Labute approximate surface area is 133 Å². The van der Waals surface area contributed by atoms with Crippen LogP contribution >= 0.6 is 15.9 Å². The predicted molar refractivity (Wildman–Crippen MR) is 84.2 cm³/mol. The number of hydrogen-bond donors (Lipinski definition) is 2. The van der Waals surface area contributed by atoms with E-state index in [1.54, 1.807) is 12.1 Å². The molecular formula is C15H21BrN2O3. The molecule has 1 aromatic heterocycles. The number of carbonyl (C=O) groups is 1. The lowest BCUT2D eigenvalue weighted by molar-refractivity contribution is -0.138. The molecule has 6 heteroatoms. The lowest BCUT2D eigenvalue weighted by Gasteiger charge is -2.28. The summed E-state index contributed by atoms with van der Waals surface area (Å²) in [4.78, 5) is 16.6. The molecule has 0 saturated heterocycles. The van der Waals surface area contributed by atoms with E-state index >= 15 is 0 Å². The van der Waals surface area contributed by atoms with Gasteiger partial charge in [-0.1, -0.05) is 13.8 Å². The van der Waals surface area contributed by atoms with Crippen molar-refractivity contribution in [2.24, 2.45) is 11.8 Å². The van der Waals surface area contributed by atoms with Crippen LogP contribution in [0.5, 0.6) is 5.88 Å². The highest BCUT2D eigenvalue weighted by Crippen LogP contribution is 2.43. The molecule has 0 radical (unpaired) electrons. The third-order valence-electron chi connectivity index (χ3n) is 3.60. The number of nitrogens with zero attached hydrogens (tertiary/aromatic N) is 1. The van der Waals surface area contributed by atoms with Crippen LogP contribution in [0, 0.1) is 11.8 Å². The summed E-state index contributed by atoms with van der Waals surface area (Å²) in [5, 5.41) is 13.6. The van der Waals surface area contributed by atoms with Gasteiger partial charge >= 0.3 is 0 Å². The van der Waals surface area contributed by atoms with E-state index in [4.69, 9.17) is 4.74 Å². The Morgan fingerprint density at radius 3 is 2.76 bits per heavy atom. The van der Waals surface area contributed by atoms with E-state index in [1.165, 1.54) is 7.11 Å². The van der Waals surface area contributed by atoms with Gasteiger partial charge in [0.05, 0.1) is 7.11 Å². The van der Waals surface area contributed by atoms with Gasteiger partial charge in [-0.2, -0.15) is 0 Å². The number of aromatic nitrogens is 1. The second-order valence-corrected chi connectivity index (χ2v) is 6.78. The van der Waals surface area contributed by atoms with Crippen LogP contribution in [0.4, 0.5) is 5.69 Å². The van der Waals surface area contributed by atoms with E-state index in [1.807, 2.05) is 13.8 Å². The summed E-state index contributed by atoms with van der Waals surface area (Å²) in [6.45, 7) is 4.01. The number of carbonyl (C=O) groups excluding carboxylic acids is 1. The van der Waals surface area contributed by atoms with E-state index in [0.717, 1.165) is 12.8 Å². The third kappa shape index (κ3) is 3.95. The van der Waals surface area contributed by atoms with Crippen LogP contribution in [-0.4, -0.2) is 28.7 Å². The first-order valence-corrected chi connectivity index (χ1v) is 7.90. The Balaban J connectivity index is 2.17. The highest BCUT2D eigenvalue weighted by molar-refractivity contribution is 9.10. The first kappa shape index (κ1) is 16.2. The average molecular weight is 357 g/mol. The molecule has 1 fully saturated rings. The molecule has 21 heavy (non-hydrogen) atoms. The first-order valence-electron chi connectivity index (χ1n) is 7.10. The van der Waals surface area contributed by atoms with Crippen molar-refractivity contribution in [2.45, 2.75) is 38.7 Å². The molecule has 2 N–H and O–H groups in total. The number of ether oxygens (including phenoxy) is 1. The van der Waals surface area contributed by atoms with Gasteiger partial charge < -0.3 is 15.2 Å². The number of halogens is 1. The van der Waals surface area contributed by atoms with Gasteiger partial charge in [0.25, 0.3) is 5.91 Å². The van der Waals surface area contributed by atoms with E-state index in [9.17, 15) is 9.90 Å². The van der Waals surface area contributed by atoms with Crippen LogP contribution in [0.25, 0.3) is 0 Å². The number of hydrogen-bond acceptors (Lipinski definition) is 4. The number of nitrogens with one attached hydrogen (secondary N) is 1. The Kier molecular flexibility index (Phi) is 4.88. The number of rotatable bonds is 6. The summed E-state index contributed by atoms with van der Waals surface area (Å²) in [6.07, 6.45) is 2.27. The summed E-state index contributed by atoms with van der Waals surface area (Å²) in [7, 11) is 1.51. The summed E-state index contributed by atoms with van der Waals surface area (Å²) in [6, 6.07) is 3.31. The van der Waals surface area contributed by atoms with Crippen molar-refractivity contribution in [3.8, 4) is 5.88 Å². The quantitative estimate of drug-likeness (QED) is 0.768. The van der Waals surface area contributed by atoms with Crippen molar-refractivity contribution in [1.82, 2.24) is 4.98 Å². The Morgan fingerprint density at radius 2 is 2.24 bits per heavy atom. The van der Waals surface area contributed by atoms with Crippen molar-refractivity contribution < 1.29 is 14.6 Å². The maximum Gasteiger partial charge on any atom is 0.256 e. The number of aliphatic hydroxyl groups is 1. The molecule has 1 saturated carbocycles. The molecule has 0 aromatic carbocycles. The van der Waals surface area contributed by atoms with Crippen LogP contribution in [-0.2, 0) is 4.79 Å². The van der Waals surface area contributed by atoms with Gasteiger partial charge in [-0.05, 0) is 53.1 Å². The van der Waals surface area contributed by atoms with Crippen LogP contribution in [0.3, 0.4) is 0 Å². The van der Waals surface area contributed by atoms with E-state index in [-0.39, 0.29) is 17.7 Å². The maximum atomic E-state index is 12.5. The van der Waals surface area contributed by atoms with Crippen molar-refractivity contribution in [2.75, 3.05) is 12.4 Å². The molecule has 0 bridgehead atoms. The lowest BCUT2D eigenvalue weighted by atomic mass is 9.87. The molecule has 5 nitrogen and oxygen atoms in total. The molecular weight excluding hydrogens is 336 g/mol. The normalized spacial score (nSPS) is 17.4. The molecule has 1 aliphatic rings. The summed E-state index contributed by atoms with van der Waals surface area (Å²) < 4.78 is 5.64. The molecule has 1 amide bonds. The minimum absolute atomic E-state index is 0.0621. The van der Waals surface area contributed by atoms with Crippen LogP contribution in [0.2, 0.25) is 0 Å². The fourth-order valence-electron chi connectivity index (χ4n) is 2.52. The lowest BCUT2D eigenvalue weighted by Crippen LogP contribution is -2.46. The van der Waals surface area contributed by atoms with Gasteiger partial charge in [0, 0.05) is 11.8 Å². The zero-order chi connectivity index (χ0) is 15.6. The molecule has 1 unspecified atom stereocenters. The zero-order valence-corrected chi connectivity index (χ0v) is 14.1. The van der Waals surface area contributed by atoms with E-state index in [0.29, 0.717) is 22.6 Å². The van der Waals surface area contributed by atoms with Gasteiger partial charge in [0.2, 0.25) is 5.88 Å². The van der Waals surface area contributed by atoms with Gasteiger partial charge in [-0.15, -0.1) is 0 Å². The highest BCUT2D eigenvalue weighted by atomic mass is 79.9. The second-order valence-electron chi connectivity index (χ2n) is 5.97. The van der Waals surface area contributed by atoms with Crippen molar-refractivity contribution >= 4 is 27.5 Å². The highest BCUT2D eigenvalue weighted by Gasteiger charge is 2.49. The van der Waals surface area contributed by atoms with Gasteiger partial charge in [-0.25, -0.2) is 4.98 Å². The van der Waals surface area contributed by atoms with E-state index in [2.05, 4.69) is 26.2 Å². The van der Waals surface area contributed by atoms with Crippen LogP contribution in [0.15, 0.2) is 16.7 Å². The number of amides is 1.